The van der Waals surface area contributed by atoms with E-state index in [0.29, 0.717) is 13.0 Å². The molecular weight excluding hydrogens is 395 g/mol. The average Bonchev–Trinajstić information content (AvgIpc) is 2.69. The second-order valence-electron chi connectivity index (χ2n) is 6.71. The molecule has 0 saturated heterocycles. The minimum Gasteiger partial charge on any atom is -0.497 e. The fourth-order valence-corrected chi connectivity index (χ4v) is 4.31. The number of hydrogen-bond acceptors (Lipinski definition) is 4. The van der Waals surface area contributed by atoms with Crippen molar-refractivity contribution < 1.29 is 22.3 Å². The maximum atomic E-state index is 13.2. The zero-order valence-electron chi connectivity index (χ0n) is 16.9. The number of amides is 1. The number of carbonyl (C=O) groups excluding carboxylic acids is 1. The summed E-state index contributed by atoms with van der Waals surface area (Å²) in [5, 5.41) is 2.82. The van der Waals surface area contributed by atoms with E-state index in [1.165, 1.54) is 24.3 Å². The highest BCUT2D eigenvalue weighted by Crippen LogP contribution is 2.23. The summed E-state index contributed by atoms with van der Waals surface area (Å²) in [6, 6.07) is 11.9. The highest BCUT2D eigenvalue weighted by molar-refractivity contribution is 7.92. The smallest absolute Gasteiger partial charge is 0.243 e. The number of rotatable bonds is 10. The summed E-state index contributed by atoms with van der Waals surface area (Å²) < 4.78 is 44.1. The third-order valence-electron chi connectivity index (χ3n) is 4.49. The summed E-state index contributed by atoms with van der Waals surface area (Å²) in [7, 11) is -2.12. The van der Waals surface area contributed by atoms with Crippen molar-refractivity contribution in [2.45, 2.75) is 32.2 Å². The first kappa shape index (κ1) is 22.7. The molecule has 0 unspecified atom stereocenters. The molecule has 0 heterocycles. The Morgan fingerprint density at radius 1 is 1.21 bits per heavy atom. The topological polar surface area (TPSA) is 75.7 Å². The summed E-state index contributed by atoms with van der Waals surface area (Å²) in [5.74, 6) is -0.0780. The van der Waals surface area contributed by atoms with Crippen LogP contribution >= 0.6 is 0 Å². The van der Waals surface area contributed by atoms with E-state index in [0.717, 1.165) is 28.3 Å². The number of methoxy groups -OCH3 is 1. The number of halogens is 1. The van der Waals surface area contributed by atoms with Gasteiger partial charge in [-0.1, -0.05) is 19.1 Å². The van der Waals surface area contributed by atoms with Gasteiger partial charge in [0, 0.05) is 6.54 Å². The first-order chi connectivity index (χ1) is 13.8. The predicted octanol–water partition coefficient (Wildman–Crippen LogP) is 3.13. The fourth-order valence-electron chi connectivity index (χ4n) is 3.10. The van der Waals surface area contributed by atoms with Crippen molar-refractivity contribution in [1.82, 2.24) is 5.32 Å². The number of carbonyl (C=O) groups is 1. The Balaban J connectivity index is 2.02. The van der Waals surface area contributed by atoms with Crippen molar-refractivity contribution in [3.05, 3.63) is 59.9 Å². The Labute approximate surface area is 171 Å². The summed E-state index contributed by atoms with van der Waals surface area (Å²) in [5.41, 5.74) is 1.35. The lowest BCUT2D eigenvalue weighted by molar-refractivity contribution is -0.122. The molecule has 2 aromatic rings. The van der Waals surface area contributed by atoms with Crippen LogP contribution in [0.15, 0.2) is 48.5 Å². The van der Waals surface area contributed by atoms with Crippen molar-refractivity contribution in [3.63, 3.8) is 0 Å². The number of anilines is 1. The molecule has 0 aliphatic rings. The zero-order valence-corrected chi connectivity index (χ0v) is 17.7. The number of hydrogen-bond donors (Lipinski definition) is 1. The second-order valence-corrected chi connectivity index (χ2v) is 8.56. The minimum absolute atomic E-state index is 0.257. The third kappa shape index (κ3) is 6.45. The van der Waals surface area contributed by atoms with Gasteiger partial charge in [0.2, 0.25) is 15.9 Å². The van der Waals surface area contributed by atoms with E-state index < -0.39 is 21.9 Å². The number of benzene rings is 2. The van der Waals surface area contributed by atoms with Gasteiger partial charge in [-0.25, -0.2) is 12.8 Å². The van der Waals surface area contributed by atoms with Gasteiger partial charge in [-0.05, 0) is 61.2 Å². The van der Waals surface area contributed by atoms with Crippen LogP contribution in [0.5, 0.6) is 5.75 Å². The lowest BCUT2D eigenvalue weighted by atomic mass is 10.1. The van der Waals surface area contributed by atoms with Crippen LogP contribution in [0.2, 0.25) is 0 Å². The van der Waals surface area contributed by atoms with Crippen LogP contribution < -0.4 is 14.4 Å². The number of aryl methyl sites for hydroxylation is 1. The average molecular weight is 423 g/mol. The van der Waals surface area contributed by atoms with E-state index in [1.54, 1.807) is 14.0 Å². The SMILES string of the molecule is CC[C@H](C(=O)NCCCc1cccc(OC)c1)N(c1ccc(F)cc1)S(C)(=O)=O. The van der Waals surface area contributed by atoms with Gasteiger partial charge in [-0.2, -0.15) is 0 Å². The fraction of sp³-hybridized carbons (Fsp3) is 0.381. The molecule has 0 aliphatic carbocycles. The summed E-state index contributed by atoms with van der Waals surface area (Å²) in [4.78, 5) is 12.7. The molecule has 0 aromatic heterocycles. The van der Waals surface area contributed by atoms with Crippen molar-refractivity contribution in [2.24, 2.45) is 0 Å². The molecule has 0 saturated carbocycles. The highest BCUT2D eigenvalue weighted by atomic mass is 32.2. The van der Waals surface area contributed by atoms with E-state index in [4.69, 9.17) is 4.74 Å². The van der Waals surface area contributed by atoms with Crippen molar-refractivity contribution in [3.8, 4) is 5.75 Å². The predicted molar refractivity (Wildman–Crippen MR) is 112 cm³/mol. The molecule has 1 amide bonds. The molecule has 29 heavy (non-hydrogen) atoms. The number of ether oxygens (including phenoxy) is 1. The molecule has 0 fully saturated rings. The minimum atomic E-state index is -3.73. The molecule has 158 valence electrons. The number of nitrogens with zero attached hydrogens (tertiary/aromatic N) is 1. The van der Waals surface area contributed by atoms with Gasteiger partial charge < -0.3 is 10.1 Å². The first-order valence-electron chi connectivity index (χ1n) is 9.42. The molecular formula is C21H27FN2O4S. The van der Waals surface area contributed by atoms with E-state index in [9.17, 15) is 17.6 Å². The van der Waals surface area contributed by atoms with Crippen LogP contribution in [0.1, 0.15) is 25.3 Å². The largest absolute Gasteiger partial charge is 0.497 e. The van der Waals surface area contributed by atoms with Gasteiger partial charge in [0.1, 0.15) is 17.6 Å². The van der Waals surface area contributed by atoms with Gasteiger partial charge in [-0.15, -0.1) is 0 Å². The Kier molecular flexibility index (Phi) is 8.01. The van der Waals surface area contributed by atoms with Gasteiger partial charge in [-0.3, -0.25) is 9.10 Å². The molecule has 2 aromatic carbocycles. The molecule has 6 nitrogen and oxygen atoms in total. The van der Waals surface area contributed by atoms with Gasteiger partial charge >= 0.3 is 0 Å². The lowest BCUT2D eigenvalue weighted by Gasteiger charge is -2.30. The Morgan fingerprint density at radius 2 is 1.90 bits per heavy atom. The zero-order chi connectivity index (χ0) is 21.4. The van der Waals surface area contributed by atoms with Crippen molar-refractivity contribution in [2.75, 3.05) is 24.2 Å². The molecule has 8 heteroatoms. The van der Waals surface area contributed by atoms with Gasteiger partial charge in [0.25, 0.3) is 0 Å². The standard InChI is InChI=1S/C21H27FN2O4S/c1-4-20(24(29(3,26)27)18-12-10-17(22)11-13-18)21(25)23-14-6-8-16-7-5-9-19(15-16)28-2/h5,7,9-13,15,20H,4,6,8,14H2,1-3H3,(H,23,25)/t20-/m1/s1. The molecule has 0 radical (unpaired) electrons. The molecule has 0 spiro atoms. The maximum absolute atomic E-state index is 13.2. The maximum Gasteiger partial charge on any atom is 0.243 e. The quantitative estimate of drug-likeness (QED) is 0.597. The second kappa shape index (κ2) is 10.2. The van der Waals surface area contributed by atoms with E-state index in [2.05, 4.69) is 5.32 Å². The van der Waals surface area contributed by atoms with Crippen molar-refractivity contribution >= 4 is 21.6 Å². The van der Waals surface area contributed by atoms with Crippen molar-refractivity contribution in [1.29, 1.82) is 0 Å². The van der Waals surface area contributed by atoms with Crippen LogP contribution in [-0.2, 0) is 21.2 Å². The number of nitrogens with one attached hydrogen (secondary N) is 1. The number of sulfonamides is 1. The van der Waals surface area contributed by atoms with Gasteiger partial charge in [0.05, 0.1) is 19.1 Å². The van der Waals surface area contributed by atoms with E-state index in [1.807, 2.05) is 24.3 Å². The molecule has 0 bridgehead atoms. The summed E-state index contributed by atoms with van der Waals surface area (Å²) in [6.07, 6.45) is 2.77. The van der Waals surface area contributed by atoms with Gasteiger partial charge in [0.15, 0.2) is 0 Å². The van der Waals surface area contributed by atoms with E-state index in [-0.39, 0.29) is 18.0 Å². The Morgan fingerprint density at radius 3 is 2.48 bits per heavy atom. The monoisotopic (exact) mass is 422 g/mol. The molecule has 2 rings (SSSR count). The summed E-state index contributed by atoms with van der Waals surface area (Å²) >= 11 is 0. The Bertz CT molecular complexity index is 917. The highest BCUT2D eigenvalue weighted by Gasteiger charge is 2.31. The Hall–Kier alpha value is -2.61. The first-order valence-corrected chi connectivity index (χ1v) is 11.3. The van der Waals surface area contributed by atoms with Crippen LogP contribution in [0.4, 0.5) is 10.1 Å². The van der Waals surface area contributed by atoms with Crippen LogP contribution in [0, 0.1) is 5.82 Å². The van der Waals surface area contributed by atoms with E-state index >= 15 is 0 Å². The molecule has 1 atom stereocenters. The molecule has 0 aliphatic heterocycles. The summed E-state index contributed by atoms with van der Waals surface area (Å²) in [6.45, 7) is 2.15. The van der Waals surface area contributed by atoms with Crippen LogP contribution in [-0.4, -0.2) is 40.3 Å². The van der Waals surface area contributed by atoms with Crippen LogP contribution in [0.25, 0.3) is 0 Å². The van der Waals surface area contributed by atoms with Crippen LogP contribution in [0.3, 0.4) is 0 Å². The third-order valence-corrected chi connectivity index (χ3v) is 5.67. The lowest BCUT2D eigenvalue weighted by Crippen LogP contribution is -2.49. The normalized spacial score (nSPS) is 12.3. The molecule has 1 N–H and O–H groups in total.